The van der Waals surface area contributed by atoms with E-state index < -0.39 is 0 Å². The molecule has 0 radical (unpaired) electrons. The van der Waals surface area contributed by atoms with Crippen molar-refractivity contribution in [2.75, 3.05) is 12.3 Å². The van der Waals surface area contributed by atoms with Crippen LogP contribution in [-0.4, -0.2) is 17.5 Å². The Morgan fingerprint density at radius 3 is 2.42 bits per heavy atom. The maximum atomic E-state index is 3.68. The van der Waals surface area contributed by atoms with E-state index >= 15 is 0 Å². The Labute approximate surface area is 122 Å². The van der Waals surface area contributed by atoms with Gasteiger partial charge >= 0.3 is 0 Å². The predicted octanol–water partition coefficient (Wildman–Crippen LogP) is 4.53. The summed E-state index contributed by atoms with van der Waals surface area (Å²) in [4.78, 5) is 0. The summed E-state index contributed by atoms with van der Waals surface area (Å²) in [5, 5.41) is 4.43. The van der Waals surface area contributed by atoms with Crippen molar-refractivity contribution < 1.29 is 0 Å². The van der Waals surface area contributed by atoms with E-state index in [0.717, 1.165) is 11.8 Å². The molecule has 1 fully saturated rings. The normalized spacial score (nSPS) is 21.6. The molecule has 0 spiro atoms. The fourth-order valence-electron chi connectivity index (χ4n) is 2.74. The third-order valence-electron chi connectivity index (χ3n) is 3.90. The fraction of sp³-hybridized carbons (Fsp3) is 0.647. The first-order valence-corrected chi connectivity index (χ1v) is 8.52. The van der Waals surface area contributed by atoms with E-state index in [-0.39, 0.29) is 5.41 Å². The van der Waals surface area contributed by atoms with E-state index in [9.17, 15) is 0 Å². The maximum Gasteiger partial charge on any atom is 0.0440 e. The molecule has 2 heteroatoms. The highest BCUT2D eigenvalue weighted by Crippen LogP contribution is 2.36. The molecule has 0 aliphatic carbocycles. The van der Waals surface area contributed by atoms with E-state index in [2.05, 4.69) is 69.0 Å². The first kappa shape index (κ1) is 14.9. The maximum absolute atomic E-state index is 3.68. The van der Waals surface area contributed by atoms with Gasteiger partial charge in [0.2, 0.25) is 0 Å². The van der Waals surface area contributed by atoms with E-state index in [1.54, 1.807) is 0 Å². The van der Waals surface area contributed by atoms with Gasteiger partial charge in [-0.15, -0.1) is 0 Å². The topological polar surface area (TPSA) is 12.0 Å². The van der Waals surface area contributed by atoms with Crippen LogP contribution >= 0.6 is 11.8 Å². The first-order chi connectivity index (χ1) is 9.02. The molecule has 1 aromatic carbocycles. The van der Waals surface area contributed by atoms with Crippen molar-refractivity contribution in [2.45, 2.75) is 57.2 Å². The Hall–Kier alpha value is -0.470. The van der Waals surface area contributed by atoms with Gasteiger partial charge in [0.25, 0.3) is 0 Å². The molecule has 2 atom stereocenters. The largest absolute Gasteiger partial charge is 0.309 e. The van der Waals surface area contributed by atoms with Crippen LogP contribution in [0.5, 0.6) is 0 Å². The number of nitrogens with one attached hydrogen (secondary N) is 1. The first-order valence-electron chi connectivity index (χ1n) is 7.48. The highest BCUT2D eigenvalue weighted by molar-refractivity contribution is 8.00. The van der Waals surface area contributed by atoms with Crippen LogP contribution in [0.25, 0.3) is 0 Å². The lowest BCUT2D eigenvalue weighted by Crippen LogP contribution is -2.29. The summed E-state index contributed by atoms with van der Waals surface area (Å²) in [6.07, 6.45) is 2.72. The molecule has 2 unspecified atom stereocenters. The minimum Gasteiger partial charge on any atom is -0.309 e. The summed E-state index contributed by atoms with van der Waals surface area (Å²) in [7, 11) is 0. The van der Waals surface area contributed by atoms with Crippen LogP contribution in [-0.2, 0) is 5.41 Å². The standard InChI is InChI=1S/C17H27NS/c1-5-18-16(15-7-6-12-19-15)13-8-10-14(11-9-13)17(2,3)4/h8-11,15-16,18H,5-7,12H2,1-4H3. The minimum atomic E-state index is 0.244. The molecular formula is C17H27NS. The Morgan fingerprint density at radius 1 is 1.26 bits per heavy atom. The van der Waals surface area contributed by atoms with Gasteiger partial charge in [-0.1, -0.05) is 52.0 Å². The summed E-state index contributed by atoms with van der Waals surface area (Å²) in [6, 6.07) is 9.78. The molecule has 1 aromatic rings. The van der Waals surface area contributed by atoms with E-state index in [4.69, 9.17) is 0 Å². The summed E-state index contributed by atoms with van der Waals surface area (Å²) >= 11 is 2.13. The van der Waals surface area contributed by atoms with Gasteiger partial charge in [0, 0.05) is 11.3 Å². The molecule has 1 N–H and O–H groups in total. The van der Waals surface area contributed by atoms with Crippen molar-refractivity contribution in [3.05, 3.63) is 35.4 Å². The zero-order valence-corrected chi connectivity index (χ0v) is 13.5. The second-order valence-electron chi connectivity index (χ2n) is 6.46. The Balaban J connectivity index is 2.17. The second-order valence-corrected chi connectivity index (χ2v) is 7.81. The number of thioether (sulfide) groups is 1. The van der Waals surface area contributed by atoms with E-state index in [1.165, 1.54) is 29.7 Å². The summed E-state index contributed by atoms with van der Waals surface area (Å²) in [6.45, 7) is 10.1. The number of hydrogen-bond donors (Lipinski definition) is 1. The molecular weight excluding hydrogens is 250 g/mol. The van der Waals surface area contributed by atoms with Crippen molar-refractivity contribution in [2.24, 2.45) is 0 Å². The van der Waals surface area contributed by atoms with Crippen LogP contribution in [0, 0.1) is 0 Å². The zero-order chi connectivity index (χ0) is 13.9. The Bertz CT molecular complexity index is 385. The smallest absolute Gasteiger partial charge is 0.0440 e. The summed E-state index contributed by atoms with van der Waals surface area (Å²) < 4.78 is 0. The van der Waals surface area contributed by atoms with Crippen molar-refractivity contribution in [1.82, 2.24) is 5.32 Å². The third-order valence-corrected chi connectivity index (χ3v) is 5.36. The third kappa shape index (κ3) is 3.76. The minimum absolute atomic E-state index is 0.244. The Kier molecular flexibility index (Phi) is 4.97. The van der Waals surface area contributed by atoms with Gasteiger partial charge in [-0.05, 0) is 41.7 Å². The SMILES string of the molecule is CCNC(c1ccc(C(C)(C)C)cc1)C1CCCS1. The van der Waals surface area contributed by atoms with Gasteiger partial charge < -0.3 is 5.32 Å². The average Bonchev–Trinajstić information content (AvgIpc) is 2.89. The van der Waals surface area contributed by atoms with Crippen LogP contribution in [0.15, 0.2) is 24.3 Å². The van der Waals surface area contributed by atoms with E-state index in [1.807, 2.05) is 0 Å². The lowest BCUT2D eigenvalue weighted by molar-refractivity contribution is 0.518. The molecule has 1 saturated heterocycles. The molecule has 2 rings (SSSR count). The molecule has 1 heterocycles. The molecule has 106 valence electrons. The predicted molar refractivity (Wildman–Crippen MR) is 87.0 cm³/mol. The highest BCUT2D eigenvalue weighted by Gasteiger charge is 2.26. The molecule has 0 saturated carbocycles. The van der Waals surface area contributed by atoms with Gasteiger partial charge in [-0.2, -0.15) is 11.8 Å². The van der Waals surface area contributed by atoms with Crippen molar-refractivity contribution >= 4 is 11.8 Å². The van der Waals surface area contributed by atoms with Crippen LogP contribution in [0.3, 0.4) is 0 Å². The quantitative estimate of drug-likeness (QED) is 0.867. The van der Waals surface area contributed by atoms with Gasteiger partial charge in [0.15, 0.2) is 0 Å². The second kappa shape index (κ2) is 6.32. The van der Waals surface area contributed by atoms with Gasteiger partial charge in [-0.25, -0.2) is 0 Å². The van der Waals surface area contributed by atoms with Crippen molar-refractivity contribution in [3.63, 3.8) is 0 Å². The molecule has 0 amide bonds. The van der Waals surface area contributed by atoms with Crippen LogP contribution in [0.4, 0.5) is 0 Å². The fourth-order valence-corrected chi connectivity index (χ4v) is 4.15. The number of benzene rings is 1. The molecule has 1 nitrogen and oxygen atoms in total. The molecule has 0 bridgehead atoms. The van der Waals surface area contributed by atoms with Gasteiger partial charge in [0.1, 0.15) is 0 Å². The Morgan fingerprint density at radius 2 is 1.95 bits per heavy atom. The summed E-state index contributed by atoms with van der Waals surface area (Å²) in [5.74, 6) is 1.33. The van der Waals surface area contributed by atoms with Crippen LogP contribution in [0.1, 0.15) is 57.7 Å². The van der Waals surface area contributed by atoms with Gasteiger partial charge in [-0.3, -0.25) is 0 Å². The molecule has 1 aliphatic rings. The molecule has 19 heavy (non-hydrogen) atoms. The zero-order valence-electron chi connectivity index (χ0n) is 12.7. The molecule has 0 aromatic heterocycles. The highest BCUT2D eigenvalue weighted by atomic mass is 32.2. The molecule has 1 aliphatic heterocycles. The lowest BCUT2D eigenvalue weighted by Gasteiger charge is -2.25. The number of rotatable bonds is 4. The van der Waals surface area contributed by atoms with E-state index in [0.29, 0.717) is 6.04 Å². The van der Waals surface area contributed by atoms with Crippen molar-refractivity contribution in [1.29, 1.82) is 0 Å². The van der Waals surface area contributed by atoms with Gasteiger partial charge in [0.05, 0.1) is 0 Å². The lowest BCUT2D eigenvalue weighted by atomic mass is 9.86. The number of hydrogen-bond acceptors (Lipinski definition) is 2. The van der Waals surface area contributed by atoms with Crippen LogP contribution in [0.2, 0.25) is 0 Å². The average molecular weight is 277 g/mol. The van der Waals surface area contributed by atoms with Crippen molar-refractivity contribution in [3.8, 4) is 0 Å². The summed E-state index contributed by atoms with van der Waals surface area (Å²) in [5.41, 5.74) is 3.12. The monoisotopic (exact) mass is 277 g/mol. The van der Waals surface area contributed by atoms with Crippen LogP contribution < -0.4 is 5.32 Å².